The molecule has 9 heteroatoms. The van der Waals surface area contributed by atoms with Gasteiger partial charge < -0.3 is 16.4 Å². The first kappa shape index (κ1) is 14.0. The van der Waals surface area contributed by atoms with Crippen LogP contribution in [0, 0.1) is 10.1 Å². The number of nitrogens with two attached hydrogens (primary N) is 1. The minimum absolute atomic E-state index is 0.0324. The molecule has 0 aliphatic heterocycles. The van der Waals surface area contributed by atoms with Crippen LogP contribution in [-0.2, 0) is 0 Å². The van der Waals surface area contributed by atoms with Gasteiger partial charge in [0.15, 0.2) is 0 Å². The quantitative estimate of drug-likeness (QED) is 0.578. The van der Waals surface area contributed by atoms with Crippen LogP contribution in [0.5, 0.6) is 0 Å². The van der Waals surface area contributed by atoms with Gasteiger partial charge in [-0.15, -0.1) is 0 Å². The highest BCUT2D eigenvalue weighted by Crippen LogP contribution is 2.31. The van der Waals surface area contributed by atoms with Crippen molar-refractivity contribution in [2.45, 2.75) is 0 Å². The fraction of sp³-hybridized carbons (Fsp3) is 0.0909. The van der Waals surface area contributed by atoms with E-state index in [9.17, 15) is 10.1 Å². The van der Waals surface area contributed by atoms with Gasteiger partial charge in [-0.2, -0.15) is 9.97 Å². The van der Waals surface area contributed by atoms with Crippen molar-refractivity contribution in [2.75, 3.05) is 23.4 Å². The molecule has 0 aliphatic rings. The third kappa shape index (κ3) is 2.94. The highest BCUT2D eigenvalue weighted by Gasteiger charge is 2.23. The van der Waals surface area contributed by atoms with Crippen LogP contribution in [0.15, 0.2) is 28.7 Å². The van der Waals surface area contributed by atoms with Crippen LogP contribution < -0.4 is 16.4 Å². The first-order chi connectivity index (χ1) is 9.51. The zero-order valence-corrected chi connectivity index (χ0v) is 12.0. The van der Waals surface area contributed by atoms with Crippen molar-refractivity contribution in [3.05, 3.63) is 38.9 Å². The zero-order chi connectivity index (χ0) is 14.7. The average Bonchev–Trinajstić information content (AvgIpc) is 2.37. The number of hydrogen-bond acceptors (Lipinski definition) is 7. The van der Waals surface area contributed by atoms with Crippen LogP contribution >= 0.6 is 15.9 Å². The van der Waals surface area contributed by atoms with Crippen LogP contribution in [0.1, 0.15) is 0 Å². The number of aromatic nitrogens is 2. The topological polar surface area (TPSA) is 119 Å². The van der Waals surface area contributed by atoms with Crippen molar-refractivity contribution in [3.8, 4) is 0 Å². The molecule has 1 aromatic heterocycles. The van der Waals surface area contributed by atoms with Gasteiger partial charge in [-0.05, 0) is 18.2 Å². The van der Waals surface area contributed by atoms with Gasteiger partial charge in [0, 0.05) is 17.2 Å². The Morgan fingerprint density at radius 1 is 1.40 bits per heavy atom. The van der Waals surface area contributed by atoms with Gasteiger partial charge in [0.05, 0.1) is 4.92 Å². The summed E-state index contributed by atoms with van der Waals surface area (Å²) in [5, 5.41) is 16.6. The number of benzene rings is 1. The predicted octanol–water partition coefficient (Wildman–Crippen LogP) is 2.51. The van der Waals surface area contributed by atoms with Crippen molar-refractivity contribution in [1.82, 2.24) is 9.97 Å². The van der Waals surface area contributed by atoms with Gasteiger partial charge >= 0.3 is 5.69 Å². The predicted molar refractivity (Wildman–Crippen MR) is 80.1 cm³/mol. The summed E-state index contributed by atoms with van der Waals surface area (Å²) < 4.78 is 0.834. The molecule has 0 amide bonds. The minimum Gasteiger partial charge on any atom is -0.378 e. The molecular formula is C11H11BrN6O2. The van der Waals surface area contributed by atoms with Crippen molar-refractivity contribution in [2.24, 2.45) is 0 Å². The van der Waals surface area contributed by atoms with Crippen LogP contribution in [0.4, 0.5) is 29.0 Å². The van der Waals surface area contributed by atoms with Crippen molar-refractivity contribution < 1.29 is 4.92 Å². The Bertz CT molecular complexity index is 663. The Morgan fingerprint density at radius 2 is 2.15 bits per heavy atom. The van der Waals surface area contributed by atoms with E-state index in [1.165, 1.54) is 0 Å². The Hall–Kier alpha value is -2.42. The van der Waals surface area contributed by atoms with Crippen molar-refractivity contribution in [1.29, 1.82) is 0 Å². The van der Waals surface area contributed by atoms with Crippen LogP contribution in [0.3, 0.4) is 0 Å². The Kier molecular flexibility index (Phi) is 3.99. The first-order valence-corrected chi connectivity index (χ1v) is 6.33. The van der Waals surface area contributed by atoms with Crippen LogP contribution in [0.25, 0.3) is 0 Å². The number of halogens is 1. The number of hydrogen-bond donors (Lipinski definition) is 3. The first-order valence-electron chi connectivity index (χ1n) is 5.53. The van der Waals surface area contributed by atoms with Gasteiger partial charge in [-0.1, -0.05) is 22.0 Å². The van der Waals surface area contributed by atoms with Crippen molar-refractivity contribution in [3.63, 3.8) is 0 Å². The maximum Gasteiger partial charge on any atom is 0.353 e. The molecule has 2 aromatic rings. The molecular weight excluding hydrogens is 328 g/mol. The Morgan fingerprint density at radius 3 is 2.75 bits per heavy atom. The maximum absolute atomic E-state index is 11.1. The van der Waals surface area contributed by atoms with E-state index >= 15 is 0 Å². The smallest absolute Gasteiger partial charge is 0.353 e. The summed E-state index contributed by atoms with van der Waals surface area (Å²) in [6.45, 7) is 0. The summed E-state index contributed by atoms with van der Waals surface area (Å²) in [6, 6.07) is 7.15. The third-order valence-electron chi connectivity index (χ3n) is 2.40. The molecule has 8 nitrogen and oxygen atoms in total. The van der Waals surface area contributed by atoms with E-state index in [2.05, 4.69) is 36.5 Å². The number of nitrogens with one attached hydrogen (secondary N) is 2. The molecule has 1 aromatic carbocycles. The molecule has 0 radical (unpaired) electrons. The number of nitrogens with zero attached hydrogens (tertiary/aromatic N) is 3. The molecule has 4 N–H and O–H groups in total. The standard InChI is InChI=1S/C11H11BrN6O2/c1-14-11-16-9(13)8(18(19)20)10(17-11)15-7-4-2-3-6(12)5-7/h2-5H,1H3,(H4,13,14,15,16,17). The Labute approximate surface area is 122 Å². The molecule has 0 bridgehead atoms. The second kappa shape index (κ2) is 5.70. The van der Waals surface area contributed by atoms with E-state index in [0.29, 0.717) is 5.69 Å². The molecule has 2 rings (SSSR count). The number of anilines is 4. The molecule has 0 saturated heterocycles. The second-order valence-corrected chi connectivity index (χ2v) is 4.69. The summed E-state index contributed by atoms with van der Waals surface area (Å²) in [6.07, 6.45) is 0. The molecule has 20 heavy (non-hydrogen) atoms. The fourth-order valence-electron chi connectivity index (χ4n) is 1.55. The lowest BCUT2D eigenvalue weighted by atomic mass is 10.3. The molecule has 1 heterocycles. The summed E-state index contributed by atoms with van der Waals surface area (Å²) >= 11 is 3.32. The SMILES string of the molecule is CNc1nc(N)c([N+](=O)[O-])c(Nc2cccc(Br)c2)n1. The lowest BCUT2D eigenvalue weighted by Crippen LogP contribution is -2.08. The average molecular weight is 339 g/mol. The normalized spacial score (nSPS) is 10.1. The van der Waals surface area contributed by atoms with E-state index in [0.717, 1.165) is 4.47 Å². The molecule has 104 valence electrons. The third-order valence-corrected chi connectivity index (χ3v) is 2.90. The monoisotopic (exact) mass is 338 g/mol. The van der Waals surface area contributed by atoms with Crippen LogP contribution in [-0.4, -0.2) is 21.9 Å². The highest BCUT2D eigenvalue weighted by molar-refractivity contribution is 9.10. The fourth-order valence-corrected chi connectivity index (χ4v) is 1.95. The largest absolute Gasteiger partial charge is 0.378 e. The van der Waals surface area contributed by atoms with Gasteiger partial charge in [0.1, 0.15) is 0 Å². The van der Waals surface area contributed by atoms with Crippen molar-refractivity contribution >= 4 is 44.9 Å². The maximum atomic E-state index is 11.1. The van der Waals surface area contributed by atoms with Gasteiger partial charge in [0.2, 0.25) is 17.6 Å². The summed E-state index contributed by atoms with van der Waals surface area (Å²) in [5.74, 6) is 0.0300. The molecule has 0 spiro atoms. The Balaban J connectivity index is 2.48. The summed E-state index contributed by atoms with van der Waals surface area (Å²) in [7, 11) is 1.60. The molecule has 0 saturated carbocycles. The molecule has 0 fully saturated rings. The van der Waals surface area contributed by atoms with Gasteiger partial charge in [-0.25, -0.2) is 0 Å². The highest BCUT2D eigenvalue weighted by atomic mass is 79.9. The molecule has 0 unspecified atom stereocenters. The minimum atomic E-state index is -0.616. The van der Waals surface area contributed by atoms with E-state index in [1.54, 1.807) is 25.2 Å². The lowest BCUT2D eigenvalue weighted by molar-refractivity contribution is -0.383. The van der Waals surface area contributed by atoms with E-state index in [4.69, 9.17) is 5.73 Å². The van der Waals surface area contributed by atoms with Crippen LogP contribution in [0.2, 0.25) is 0 Å². The van der Waals surface area contributed by atoms with E-state index < -0.39 is 4.92 Å². The van der Waals surface area contributed by atoms with Gasteiger partial charge in [-0.3, -0.25) is 10.1 Å². The van der Waals surface area contributed by atoms with Gasteiger partial charge in [0.25, 0.3) is 0 Å². The van der Waals surface area contributed by atoms with E-state index in [1.807, 2.05) is 6.07 Å². The second-order valence-electron chi connectivity index (χ2n) is 3.77. The lowest BCUT2D eigenvalue weighted by Gasteiger charge is -2.09. The summed E-state index contributed by atoms with van der Waals surface area (Å²) in [4.78, 5) is 18.3. The molecule has 0 aliphatic carbocycles. The summed E-state index contributed by atoms with van der Waals surface area (Å²) in [5.41, 5.74) is 5.88. The zero-order valence-electron chi connectivity index (χ0n) is 10.4. The molecule has 0 atom stereocenters. The number of rotatable bonds is 4. The number of nitrogen functional groups attached to an aromatic ring is 1. The van der Waals surface area contributed by atoms with E-state index in [-0.39, 0.29) is 23.3 Å². The number of nitro groups is 1.